The van der Waals surface area contributed by atoms with E-state index in [-0.39, 0.29) is 16.7 Å². The van der Waals surface area contributed by atoms with Gasteiger partial charge in [0.1, 0.15) is 5.75 Å². The Labute approximate surface area is 105 Å². The second-order valence-electron chi connectivity index (χ2n) is 4.28. The molecule has 17 heavy (non-hydrogen) atoms. The van der Waals surface area contributed by atoms with E-state index in [1.165, 1.54) is 6.07 Å². The van der Waals surface area contributed by atoms with E-state index in [0.717, 1.165) is 19.5 Å². The van der Waals surface area contributed by atoms with E-state index in [1.807, 2.05) is 0 Å². The standard InChI is InChI=1S/C12H15ClN2O2/c13-10-6-9(1-2-11(10)16)15-12(17)5-8-3-4-14-7-8/h1-2,6,8,14,16H,3-5,7H2,(H,15,17). The average Bonchev–Trinajstić information content (AvgIpc) is 2.76. The fourth-order valence-electron chi connectivity index (χ4n) is 1.95. The van der Waals surface area contributed by atoms with E-state index in [0.29, 0.717) is 18.0 Å². The van der Waals surface area contributed by atoms with Crippen LogP contribution in [-0.2, 0) is 4.79 Å². The van der Waals surface area contributed by atoms with Crippen LogP contribution >= 0.6 is 11.6 Å². The first-order valence-electron chi connectivity index (χ1n) is 5.64. The number of carbonyl (C=O) groups excluding carboxylic acids is 1. The molecule has 0 bridgehead atoms. The van der Waals surface area contributed by atoms with Crippen molar-refractivity contribution in [2.75, 3.05) is 18.4 Å². The maximum absolute atomic E-state index is 11.7. The highest BCUT2D eigenvalue weighted by Gasteiger charge is 2.18. The number of anilines is 1. The highest BCUT2D eigenvalue weighted by atomic mass is 35.5. The van der Waals surface area contributed by atoms with Crippen molar-refractivity contribution < 1.29 is 9.90 Å². The molecule has 0 aliphatic carbocycles. The third-order valence-electron chi connectivity index (χ3n) is 2.87. The smallest absolute Gasteiger partial charge is 0.224 e. The lowest BCUT2D eigenvalue weighted by molar-refractivity contribution is -0.116. The molecule has 1 saturated heterocycles. The number of phenolic OH excluding ortho intramolecular Hbond substituents is 1. The number of hydrogen-bond donors (Lipinski definition) is 3. The van der Waals surface area contributed by atoms with Gasteiger partial charge in [-0.05, 0) is 43.6 Å². The summed E-state index contributed by atoms with van der Waals surface area (Å²) in [7, 11) is 0. The van der Waals surface area contributed by atoms with Crippen LogP contribution in [0.5, 0.6) is 5.75 Å². The van der Waals surface area contributed by atoms with Gasteiger partial charge in [-0.15, -0.1) is 0 Å². The Morgan fingerprint density at radius 1 is 1.59 bits per heavy atom. The molecule has 1 aliphatic rings. The second-order valence-corrected chi connectivity index (χ2v) is 4.68. The van der Waals surface area contributed by atoms with Gasteiger partial charge in [0.2, 0.25) is 5.91 Å². The predicted molar refractivity (Wildman–Crippen MR) is 67.3 cm³/mol. The lowest BCUT2D eigenvalue weighted by Crippen LogP contribution is -2.18. The summed E-state index contributed by atoms with van der Waals surface area (Å²) in [5.41, 5.74) is 0.615. The Balaban J connectivity index is 1.90. The first-order chi connectivity index (χ1) is 8.15. The molecule has 0 radical (unpaired) electrons. The number of phenols is 1. The van der Waals surface area contributed by atoms with E-state index in [9.17, 15) is 9.90 Å². The Kier molecular flexibility index (Phi) is 3.86. The van der Waals surface area contributed by atoms with Crippen LogP contribution in [0.2, 0.25) is 5.02 Å². The zero-order valence-corrected chi connectivity index (χ0v) is 10.1. The number of benzene rings is 1. The van der Waals surface area contributed by atoms with E-state index in [2.05, 4.69) is 10.6 Å². The zero-order chi connectivity index (χ0) is 12.3. The molecular formula is C12H15ClN2O2. The van der Waals surface area contributed by atoms with E-state index >= 15 is 0 Å². The zero-order valence-electron chi connectivity index (χ0n) is 9.37. The number of rotatable bonds is 3. The summed E-state index contributed by atoms with van der Waals surface area (Å²) < 4.78 is 0. The van der Waals surface area contributed by atoms with Gasteiger partial charge >= 0.3 is 0 Å². The molecule has 0 saturated carbocycles. The Morgan fingerprint density at radius 3 is 3.06 bits per heavy atom. The predicted octanol–water partition coefficient (Wildman–Crippen LogP) is 1.98. The first-order valence-corrected chi connectivity index (χ1v) is 6.02. The molecule has 1 aromatic rings. The molecule has 0 spiro atoms. The molecule has 5 heteroatoms. The summed E-state index contributed by atoms with van der Waals surface area (Å²) in [5.74, 6) is 0.424. The van der Waals surface area contributed by atoms with Gasteiger partial charge in [-0.2, -0.15) is 0 Å². The lowest BCUT2D eigenvalue weighted by atomic mass is 10.0. The van der Waals surface area contributed by atoms with Gasteiger partial charge in [0.25, 0.3) is 0 Å². The summed E-state index contributed by atoms with van der Waals surface area (Å²) in [6.07, 6.45) is 1.56. The molecule has 0 aromatic heterocycles. The van der Waals surface area contributed by atoms with Crippen LogP contribution in [0.3, 0.4) is 0 Å². The summed E-state index contributed by atoms with van der Waals surface area (Å²) in [6, 6.07) is 4.64. The minimum atomic E-state index is -0.0135. The first kappa shape index (κ1) is 12.2. The molecule has 1 fully saturated rings. The lowest BCUT2D eigenvalue weighted by Gasteiger charge is -2.09. The molecule has 1 atom stereocenters. The normalized spacial score (nSPS) is 19.2. The fourth-order valence-corrected chi connectivity index (χ4v) is 2.13. The van der Waals surface area contributed by atoms with Crippen LogP contribution in [-0.4, -0.2) is 24.1 Å². The van der Waals surface area contributed by atoms with E-state index in [4.69, 9.17) is 11.6 Å². The molecule has 3 N–H and O–H groups in total. The van der Waals surface area contributed by atoms with Gasteiger partial charge < -0.3 is 15.7 Å². The molecule has 1 heterocycles. The monoisotopic (exact) mass is 254 g/mol. The minimum Gasteiger partial charge on any atom is -0.506 e. The number of nitrogens with one attached hydrogen (secondary N) is 2. The van der Waals surface area contributed by atoms with Crippen LogP contribution in [0.4, 0.5) is 5.69 Å². The van der Waals surface area contributed by atoms with Crippen molar-refractivity contribution in [2.24, 2.45) is 5.92 Å². The maximum Gasteiger partial charge on any atom is 0.224 e. The van der Waals surface area contributed by atoms with Crippen LogP contribution in [0.25, 0.3) is 0 Å². The van der Waals surface area contributed by atoms with Crippen molar-refractivity contribution in [1.82, 2.24) is 5.32 Å². The fraction of sp³-hybridized carbons (Fsp3) is 0.417. The van der Waals surface area contributed by atoms with Crippen LogP contribution in [0.15, 0.2) is 18.2 Å². The van der Waals surface area contributed by atoms with Crippen molar-refractivity contribution >= 4 is 23.2 Å². The van der Waals surface area contributed by atoms with Gasteiger partial charge in [0.15, 0.2) is 0 Å². The van der Waals surface area contributed by atoms with Gasteiger partial charge in [0.05, 0.1) is 5.02 Å². The maximum atomic E-state index is 11.7. The number of hydrogen-bond acceptors (Lipinski definition) is 3. The van der Waals surface area contributed by atoms with E-state index in [1.54, 1.807) is 12.1 Å². The number of halogens is 1. The Bertz CT molecular complexity index is 417. The summed E-state index contributed by atoms with van der Waals surface area (Å²) in [6.45, 7) is 1.90. The highest BCUT2D eigenvalue weighted by molar-refractivity contribution is 6.32. The SMILES string of the molecule is O=C(CC1CCNC1)Nc1ccc(O)c(Cl)c1. The number of aromatic hydroxyl groups is 1. The van der Waals surface area contributed by atoms with Crippen molar-refractivity contribution in [1.29, 1.82) is 0 Å². The largest absolute Gasteiger partial charge is 0.506 e. The average molecular weight is 255 g/mol. The number of carbonyl (C=O) groups is 1. The van der Waals surface area contributed by atoms with Crippen molar-refractivity contribution in [3.8, 4) is 5.75 Å². The topological polar surface area (TPSA) is 61.4 Å². The van der Waals surface area contributed by atoms with Crippen LogP contribution in [0.1, 0.15) is 12.8 Å². The molecule has 1 amide bonds. The molecule has 1 unspecified atom stereocenters. The Hall–Kier alpha value is -1.26. The molecule has 2 rings (SSSR count). The molecular weight excluding hydrogens is 240 g/mol. The van der Waals surface area contributed by atoms with Crippen molar-refractivity contribution in [3.63, 3.8) is 0 Å². The van der Waals surface area contributed by atoms with Gasteiger partial charge in [-0.3, -0.25) is 4.79 Å². The second kappa shape index (κ2) is 5.38. The van der Waals surface area contributed by atoms with Gasteiger partial charge in [-0.25, -0.2) is 0 Å². The van der Waals surface area contributed by atoms with Crippen molar-refractivity contribution in [2.45, 2.75) is 12.8 Å². The molecule has 4 nitrogen and oxygen atoms in total. The van der Waals surface area contributed by atoms with E-state index < -0.39 is 0 Å². The summed E-state index contributed by atoms with van der Waals surface area (Å²) in [5, 5.41) is 15.5. The Morgan fingerprint density at radius 2 is 2.41 bits per heavy atom. The summed E-state index contributed by atoms with van der Waals surface area (Å²) >= 11 is 5.76. The third-order valence-corrected chi connectivity index (χ3v) is 3.17. The third kappa shape index (κ3) is 3.35. The number of amides is 1. The minimum absolute atomic E-state index is 0.0135. The quantitative estimate of drug-likeness (QED) is 0.723. The molecule has 92 valence electrons. The van der Waals surface area contributed by atoms with Crippen LogP contribution < -0.4 is 10.6 Å². The van der Waals surface area contributed by atoms with Crippen LogP contribution in [0, 0.1) is 5.92 Å². The summed E-state index contributed by atoms with van der Waals surface area (Å²) in [4.78, 5) is 11.7. The van der Waals surface area contributed by atoms with Gasteiger partial charge in [-0.1, -0.05) is 11.6 Å². The molecule has 1 aliphatic heterocycles. The van der Waals surface area contributed by atoms with Gasteiger partial charge in [0, 0.05) is 12.1 Å². The van der Waals surface area contributed by atoms with Crippen molar-refractivity contribution in [3.05, 3.63) is 23.2 Å². The molecule has 1 aromatic carbocycles. The highest BCUT2D eigenvalue weighted by Crippen LogP contribution is 2.26.